The molecular weight excluding hydrogens is 381 g/mol. The third kappa shape index (κ3) is 4.09. The van der Waals surface area contributed by atoms with Crippen molar-refractivity contribution in [2.45, 2.75) is 6.54 Å². The summed E-state index contributed by atoms with van der Waals surface area (Å²) < 4.78 is 29.4. The van der Waals surface area contributed by atoms with E-state index in [9.17, 15) is 9.18 Å². The molecular formula is C21H20FNO4S. The maximum atomic E-state index is 13.5. The van der Waals surface area contributed by atoms with Crippen LogP contribution in [0.1, 0.15) is 15.2 Å². The molecule has 1 aromatic heterocycles. The Morgan fingerprint density at radius 1 is 0.964 bits per heavy atom. The number of methoxy groups -OCH3 is 3. The third-order valence-corrected chi connectivity index (χ3v) is 5.07. The first-order valence-corrected chi connectivity index (χ1v) is 9.35. The molecule has 0 spiro atoms. The summed E-state index contributed by atoms with van der Waals surface area (Å²) in [7, 11) is 4.50. The molecule has 0 saturated carbocycles. The maximum absolute atomic E-state index is 13.5. The van der Waals surface area contributed by atoms with Gasteiger partial charge in [-0.3, -0.25) is 4.79 Å². The minimum Gasteiger partial charge on any atom is -0.496 e. The fraction of sp³-hybridized carbons (Fsp3) is 0.190. The average molecular weight is 401 g/mol. The van der Waals surface area contributed by atoms with Crippen molar-refractivity contribution < 1.29 is 23.4 Å². The predicted molar refractivity (Wildman–Crippen MR) is 107 cm³/mol. The molecule has 1 amide bonds. The fourth-order valence-electron chi connectivity index (χ4n) is 2.80. The highest BCUT2D eigenvalue weighted by atomic mass is 32.1. The van der Waals surface area contributed by atoms with Crippen LogP contribution in [0.4, 0.5) is 10.1 Å². The van der Waals surface area contributed by atoms with Crippen LogP contribution in [0.15, 0.2) is 53.9 Å². The second-order valence-corrected chi connectivity index (χ2v) is 6.89. The van der Waals surface area contributed by atoms with Gasteiger partial charge >= 0.3 is 0 Å². The summed E-state index contributed by atoms with van der Waals surface area (Å²) in [6.45, 7) is 0.347. The highest BCUT2D eigenvalue weighted by Gasteiger charge is 2.24. The van der Waals surface area contributed by atoms with E-state index in [-0.39, 0.29) is 11.7 Å². The topological polar surface area (TPSA) is 48.0 Å². The van der Waals surface area contributed by atoms with Crippen molar-refractivity contribution in [1.82, 2.24) is 0 Å². The number of hydrogen-bond donors (Lipinski definition) is 0. The number of benzene rings is 2. The van der Waals surface area contributed by atoms with Crippen molar-refractivity contribution >= 4 is 22.9 Å². The summed E-state index contributed by atoms with van der Waals surface area (Å²) in [5.74, 6) is 0.582. The number of rotatable bonds is 7. The van der Waals surface area contributed by atoms with Crippen LogP contribution < -0.4 is 19.1 Å². The average Bonchev–Trinajstić information content (AvgIpc) is 3.24. The van der Waals surface area contributed by atoms with E-state index in [1.165, 1.54) is 33.5 Å². The second-order valence-electron chi connectivity index (χ2n) is 5.85. The van der Waals surface area contributed by atoms with Gasteiger partial charge in [0.15, 0.2) is 11.5 Å². The number of carbonyl (C=O) groups excluding carboxylic acids is 1. The first kappa shape index (κ1) is 19.7. The summed E-state index contributed by atoms with van der Waals surface area (Å²) in [6.07, 6.45) is 0. The van der Waals surface area contributed by atoms with E-state index in [0.717, 1.165) is 4.88 Å². The van der Waals surface area contributed by atoms with Crippen molar-refractivity contribution in [1.29, 1.82) is 0 Å². The summed E-state index contributed by atoms with van der Waals surface area (Å²) >= 11 is 1.54. The molecule has 0 unspecified atom stereocenters. The zero-order valence-electron chi connectivity index (χ0n) is 15.8. The normalized spacial score (nSPS) is 10.4. The van der Waals surface area contributed by atoms with E-state index in [2.05, 4.69) is 0 Å². The molecule has 0 aliphatic heterocycles. The zero-order chi connectivity index (χ0) is 20.1. The lowest BCUT2D eigenvalue weighted by Gasteiger charge is -2.24. The fourth-order valence-corrected chi connectivity index (χ4v) is 3.49. The minimum absolute atomic E-state index is 0.294. The van der Waals surface area contributed by atoms with E-state index in [1.54, 1.807) is 40.5 Å². The van der Waals surface area contributed by atoms with Gasteiger partial charge in [-0.15, -0.1) is 11.3 Å². The Labute approximate surface area is 166 Å². The lowest BCUT2D eigenvalue weighted by molar-refractivity contribution is 0.0982. The number of thiophene rings is 1. The Hall–Kier alpha value is -3.06. The van der Waals surface area contributed by atoms with Crippen molar-refractivity contribution in [2.75, 3.05) is 26.2 Å². The van der Waals surface area contributed by atoms with Crippen LogP contribution in [-0.2, 0) is 6.54 Å². The Kier molecular flexibility index (Phi) is 6.16. The standard InChI is InChI=1S/C21H20FNO4S/c1-25-18-12-20(27-3)19(26-2)11-17(18)21(24)23(13-16-5-4-10-28-16)15-8-6-14(22)7-9-15/h4-12H,13H2,1-3H3. The number of nitrogens with zero attached hydrogens (tertiary/aromatic N) is 1. The highest BCUT2D eigenvalue weighted by molar-refractivity contribution is 7.09. The number of carbonyl (C=O) groups is 1. The quantitative estimate of drug-likeness (QED) is 0.573. The van der Waals surface area contributed by atoms with Crippen LogP contribution in [0, 0.1) is 5.82 Å². The molecule has 0 radical (unpaired) electrons. The Bertz CT molecular complexity index is 942. The smallest absolute Gasteiger partial charge is 0.262 e. The molecule has 3 aromatic rings. The van der Waals surface area contributed by atoms with Crippen LogP contribution in [0.2, 0.25) is 0 Å². The summed E-state index contributed by atoms with van der Waals surface area (Å²) in [5.41, 5.74) is 0.901. The lowest BCUT2D eigenvalue weighted by atomic mass is 10.1. The van der Waals surface area contributed by atoms with E-state index in [1.807, 2.05) is 17.5 Å². The predicted octanol–water partition coefficient (Wildman–Crippen LogP) is 4.76. The second kappa shape index (κ2) is 8.75. The van der Waals surface area contributed by atoms with Crippen LogP contribution in [-0.4, -0.2) is 27.2 Å². The number of ether oxygens (including phenoxy) is 3. The zero-order valence-corrected chi connectivity index (χ0v) is 16.6. The molecule has 0 saturated heterocycles. The van der Waals surface area contributed by atoms with Crippen LogP contribution in [0.25, 0.3) is 0 Å². The molecule has 2 aromatic carbocycles. The minimum atomic E-state index is -0.365. The van der Waals surface area contributed by atoms with Crippen molar-refractivity contribution in [3.05, 3.63) is 70.2 Å². The van der Waals surface area contributed by atoms with Gasteiger partial charge in [0.1, 0.15) is 11.6 Å². The largest absolute Gasteiger partial charge is 0.496 e. The molecule has 7 heteroatoms. The molecule has 0 N–H and O–H groups in total. The number of amides is 1. The van der Waals surface area contributed by atoms with E-state index in [0.29, 0.717) is 35.0 Å². The van der Waals surface area contributed by atoms with Crippen LogP contribution in [0.3, 0.4) is 0 Å². The molecule has 3 rings (SSSR count). The van der Waals surface area contributed by atoms with Gasteiger partial charge in [-0.25, -0.2) is 4.39 Å². The molecule has 0 bridgehead atoms. The summed E-state index contributed by atoms with van der Waals surface area (Å²) in [5, 5.41) is 1.94. The molecule has 5 nitrogen and oxygen atoms in total. The van der Waals surface area contributed by atoms with Gasteiger partial charge in [0.2, 0.25) is 0 Å². The molecule has 0 aliphatic carbocycles. The van der Waals surface area contributed by atoms with Gasteiger partial charge in [0.05, 0.1) is 33.4 Å². The highest BCUT2D eigenvalue weighted by Crippen LogP contribution is 2.36. The number of halogens is 1. The Morgan fingerprint density at radius 2 is 1.61 bits per heavy atom. The van der Waals surface area contributed by atoms with Crippen LogP contribution in [0.5, 0.6) is 17.2 Å². The van der Waals surface area contributed by atoms with E-state index >= 15 is 0 Å². The van der Waals surface area contributed by atoms with Gasteiger partial charge in [0.25, 0.3) is 5.91 Å². The van der Waals surface area contributed by atoms with Gasteiger partial charge in [-0.2, -0.15) is 0 Å². The van der Waals surface area contributed by atoms with Crippen molar-refractivity contribution in [3.63, 3.8) is 0 Å². The first-order chi connectivity index (χ1) is 13.6. The van der Waals surface area contributed by atoms with Crippen molar-refractivity contribution in [2.24, 2.45) is 0 Å². The monoisotopic (exact) mass is 401 g/mol. The summed E-state index contributed by atoms with van der Waals surface area (Å²) in [6, 6.07) is 12.9. The number of hydrogen-bond acceptors (Lipinski definition) is 5. The first-order valence-electron chi connectivity index (χ1n) is 8.47. The Balaban J connectivity index is 2.06. The van der Waals surface area contributed by atoms with Gasteiger partial charge in [-0.05, 0) is 35.7 Å². The molecule has 28 heavy (non-hydrogen) atoms. The molecule has 1 heterocycles. The van der Waals surface area contributed by atoms with Crippen molar-refractivity contribution in [3.8, 4) is 17.2 Å². The van der Waals surface area contributed by atoms with E-state index in [4.69, 9.17) is 14.2 Å². The molecule has 0 fully saturated rings. The van der Waals surface area contributed by atoms with Gasteiger partial charge in [0, 0.05) is 22.7 Å². The SMILES string of the molecule is COc1cc(OC)c(C(=O)N(Cc2cccs2)c2ccc(F)cc2)cc1OC. The lowest BCUT2D eigenvalue weighted by Crippen LogP contribution is -2.30. The van der Waals surface area contributed by atoms with E-state index < -0.39 is 0 Å². The van der Waals surface area contributed by atoms with Gasteiger partial charge < -0.3 is 19.1 Å². The molecule has 0 aliphatic rings. The Morgan fingerprint density at radius 3 is 2.18 bits per heavy atom. The number of anilines is 1. The summed E-state index contributed by atoms with van der Waals surface area (Å²) in [4.78, 5) is 16.0. The third-order valence-electron chi connectivity index (χ3n) is 4.21. The molecule has 146 valence electrons. The maximum Gasteiger partial charge on any atom is 0.262 e. The molecule has 0 atom stereocenters. The van der Waals surface area contributed by atoms with Gasteiger partial charge in [-0.1, -0.05) is 6.07 Å². The van der Waals surface area contributed by atoms with Crippen LogP contribution >= 0.6 is 11.3 Å².